The number of hydrogen-bond donors (Lipinski definition) is 1. The average molecular weight is 393 g/mol. The molecule has 0 spiro atoms. The van der Waals surface area contributed by atoms with E-state index in [0.29, 0.717) is 11.5 Å². The lowest BCUT2D eigenvalue weighted by molar-refractivity contribution is -0.274. The molecule has 28 heavy (non-hydrogen) atoms. The first kappa shape index (κ1) is 19.8. The fraction of sp³-hybridized carbons (Fsp3) is 0.368. The number of benzene rings is 1. The molecule has 0 radical (unpaired) electrons. The predicted molar refractivity (Wildman–Crippen MR) is 101 cm³/mol. The Morgan fingerprint density at radius 3 is 2.46 bits per heavy atom. The molecule has 1 aliphatic heterocycles. The van der Waals surface area contributed by atoms with Gasteiger partial charge in [-0.25, -0.2) is 4.98 Å². The van der Waals surface area contributed by atoms with E-state index in [1.807, 2.05) is 18.2 Å². The van der Waals surface area contributed by atoms with Gasteiger partial charge in [0.1, 0.15) is 11.6 Å². The van der Waals surface area contributed by atoms with Crippen molar-refractivity contribution in [2.24, 2.45) is 4.99 Å². The van der Waals surface area contributed by atoms with Crippen molar-refractivity contribution in [1.82, 2.24) is 15.2 Å². The van der Waals surface area contributed by atoms with Gasteiger partial charge in [0.25, 0.3) is 0 Å². The summed E-state index contributed by atoms with van der Waals surface area (Å²) in [5.41, 5.74) is 0.410. The third kappa shape index (κ3) is 5.28. The molecule has 1 fully saturated rings. The molecule has 1 aliphatic rings. The van der Waals surface area contributed by atoms with Crippen LogP contribution in [0, 0.1) is 0 Å². The molecular weight excluding hydrogens is 371 g/mol. The highest BCUT2D eigenvalue weighted by Gasteiger charge is 2.32. The zero-order valence-corrected chi connectivity index (χ0v) is 15.5. The van der Waals surface area contributed by atoms with Crippen LogP contribution in [0.3, 0.4) is 0 Å². The highest BCUT2D eigenvalue weighted by Crippen LogP contribution is 2.26. The van der Waals surface area contributed by atoms with Gasteiger partial charge in [0.05, 0.1) is 0 Å². The number of halogens is 3. The number of aromatic nitrogens is 1. The van der Waals surface area contributed by atoms with E-state index in [9.17, 15) is 13.2 Å². The van der Waals surface area contributed by atoms with Crippen LogP contribution in [0.5, 0.6) is 5.75 Å². The third-order valence-corrected chi connectivity index (χ3v) is 4.40. The molecule has 2 heterocycles. The number of rotatable bonds is 4. The largest absolute Gasteiger partial charge is 0.573 e. The number of pyridine rings is 1. The van der Waals surface area contributed by atoms with Crippen LogP contribution in [-0.4, -0.2) is 55.4 Å². The Labute approximate surface area is 161 Å². The third-order valence-electron chi connectivity index (χ3n) is 4.40. The van der Waals surface area contributed by atoms with Crippen molar-refractivity contribution in [2.45, 2.75) is 12.9 Å². The minimum atomic E-state index is -4.72. The first-order valence-electron chi connectivity index (χ1n) is 8.91. The quantitative estimate of drug-likeness (QED) is 0.640. The van der Waals surface area contributed by atoms with Gasteiger partial charge in [-0.15, -0.1) is 13.2 Å². The summed E-state index contributed by atoms with van der Waals surface area (Å²) in [6.45, 7) is 3.21. The molecule has 1 aromatic carbocycles. The Hall–Kier alpha value is -2.97. The zero-order valence-electron chi connectivity index (χ0n) is 15.5. The lowest BCUT2D eigenvalue weighted by atomic mass is 10.2. The summed E-state index contributed by atoms with van der Waals surface area (Å²) in [4.78, 5) is 12.9. The second-order valence-electron chi connectivity index (χ2n) is 6.22. The number of ether oxygens (including phenoxy) is 1. The fourth-order valence-corrected chi connectivity index (χ4v) is 3.07. The molecule has 3 rings (SSSR count). The second-order valence-corrected chi connectivity index (χ2v) is 6.22. The Morgan fingerprint density at radius 1 is 1.11 bits per heavy atom. The summed E-state index contributed by atoms with van der Waals surface area (Å²) in [6.07, 6.45) is -2.96. The van der Waals surface area contributed by atoms with Gasteiger partial charge in [-0.3, -0.25) is 4.99 Å². The van der Waals surface area contributed by atoms with E-state index in [-0.39, 0.29) is 12.3 Å². The number of para-hydroxylation sites is 1. The first-order chi connectivity index (χ1) is 13.5. The van der Waals surface area contributed by atoms with Crippen molar-refractivity contribution in [3.8, 4) is 5.75 Å². The molecule has 2 aromatic rings. The van der Waals surface area contributed by atoms with E-state index in [2.05, 4.69) is 29.8 Å². The van der Waals surface area contributed by atoms with Gasteiger partial charge in [0, 0.05) is 51.5 Å². The van der Waals surface area contributed by atoms with Crippen LogP contribution < -0.4 is 15.0 Å². The van der Waals surface area contributed by atoms with E-state index < -0.39 is 6.36 Å². The molecule has 9 heteroatoms. The van der Waals surface area contributed by atoms with Crippen LogP contribution in [0.4, 0.5) is 19.0 Å². The molecule has 1 aromatic heterocycles. The van der Waals surface area contributed by atoms with Crippen molar-refractivity contribution in [3.05, 3.63) is 54.2 Å². The van der Waals surface area contributed by atoms with Gasteiger partial charge in [-0.05, 0) is 18.2 Å². The predicted octanol–water partition coefficient (Wildman–Crippen LogP) is 2.88. The molecule has 1 N–H and O–H groups in total. The lowest BCUT2D eigenvalue weighted by Crippen LogP contribution is -2.52. The molecule has 1 saturated heterocycles. The van der Waals surface area contributed by atoms with E-state index in [1.165, 1.54) is 12.1 Å². The molecule has 0 bridgehead atoms. The smallest absolute Gasteiger partial charge is 0.405 e. The summed E-state index contributed by atoms with van der Waals surface area (Å²) < 4.78 is 41.8. The van der Waals surface area contributed by atoms with Crippen LogP contribution >= 0.6 is 0 Å². The van der Waals surface area contributed by atoms with Gasteiger partial charge in [-0.1, -0.05) is 24.3 Å². The highest BCUT2D eigenvalue weighted by molar-refractivity contribution is 5.80. The van der Waals surface area contributed by atoms with Crippen molar-refractivity contribution >= 4 is 11.8 Å². The van der Waals surface area contributed by atoms with Crippen LogP contribution in [0.1, 0.15) is 5.56 Å². The van der Waals surface area contributed by atoms with E-state index >= 15 is 0 Å². The Kier molecular flexibility index (Phi) is 6.23. The van der Waals surface area contributed by atoms with E-state index in [0.717, 1.165) is 32.0 Å². The topological polar surface area (TPSA) is 53.0 Å². The van der Waals surface area contributed by atoms with Gasteiger partial charge in [0.15, 0.2) is 5.96 Å². The standard InChI is InChI=1S/C19H22F3N5O/c1-23-18(25-14-15-6-2-3-7-16(15)28-19(20,21)22)27-12-10-26(11-13-27)17-8-4-5-9-24-17/h2-9H,10-14H2,1H3,(H,23,25). The van der Waals surface area contributed by atoms with Crippen LogP contribution in [0.2, 0.25) is 0 Å². The fourth-order valence-electron chi connectivity index (χ4n) is 3.07. The van der Waals surface area contributed by atoms with E-state index in [1.54, 1.807) is 25.4 Å². The van der Waals surface area contributed by atoms with Crippen LogP contribution in [0.25, 0.3) is 0 Å². The Balaban J connectivity index is 1.58. The zero-order chi connectivity index (χ0) is 20.0. The maximum Gasteiger partial charge on any atom is 0.573 e. The SMILES string of the molecule is CN=C(NCc1ccccc1OC(F)(F)F)N1CCN(c2ccccn2)CC1. The summed E-state index contributed by atoms with van der Waals surface area (Å²) >= 11 is 0. The number of aliphatic imine (C=N–C) groups is 1. The number of alkyl halides is 3. The number of piperazine rings is 1. The number of nitrogens with one attached hydrogen (secondary N) is 1. The van der Waals surface area contributed by atoms with Crippen molar-refractivity contribution in [2.75, 3.05) is 38.1 Å². The minimum Gasteiger partial charge on any atom is -0.405 e. The summed E-state index contributed by atoms with van der Waals surface area (Å²) in [5, 5.41) is 3.13. The number of guanidine groups is 1. The number of anilines is 1. The first-order valence-corrected chi connectivity index (χ1v) is 8.91. The summed E-state index contributed by atoms with van der Waals surface area (Å²) in [6, 6.07) is 11.9. The molecule has 150 valence electrons. The maximum absolute atomic E-state index is 12.6. The normalized spacial score (nSPS) is 15.5. The van der Waals surface area contributed by atoms with Gasteiger partial charge >= 0.3 is 6.36 Å². The molecule has 0 amide bonds. The Morgan fingerprint density at radius 2 is 1.82 bits per heavy atom. The average Bonchev–Trinajstić information content (AvgIpc) is 2.70. The molecular formula is C19H22F3N5O. The van der Waals surface area contributed by atoms with Crippen LogP contribution in [-0.2, 0) is 6.54 Å². The number of nitrogens with zero attached hydrogens (tertiary/aromatic N) is 4. The van der Waals surface area contributed by atoms with Gasteiger partial charge in [-0.2, -0.15) is 0 Å². The van der Waals surface area contributed by atoms with Gasteiger partial charge < -0.3 is 19.9 Å². The molecule has 0 saturated carbocycles. The highest BCUT2D eigenvalue weighted by atomic mass is 19.4. The lowest BCUT2D eigenvalue weighted by Gasteiger charge is -2.37. The second kappa shape index (κ2) is 8.81. The van der Waals surface area contributed by atoms with Crippen LogP contribution in [0.15, 0.2) is 53.7 Å². The van der Waals surface area contributed by atoms with Crippen molar-refractivity contribution in [3.63, 3.8) is 0 Å². The summed E-state index contributed by atoms with van der Waals surface area (Å²) in [7, 11) is 1.66. The Bertz CT molecular complexity index is 790. The monoisotopic (exact) mass is 393 g/mol. The molecule has 0 aliphatic carbocycles. The number of hydrogen-bond acceptors (Lipinski definition) is 4. The molecule has 0 unspecified atom stereocenters. The van der Waals surface area contributed by atoms with Crippen molar-refractivity contribution in [1.29, 1.82) is 0 Å². The van der Waals surface area contributed by atoms with Gasteiger partial charge in [0.2, 0.25) is 0 Å². The molecule has 0 atom stereocenters. The maximum atomic E-state index is 12.6. The molecule has 6 nitrogen and oxygen atoms in total. The van der Waals surface area contributed by atoms with Crippen molar-refractivity contribution < 1.29 is 17.9 Å². The van der Waals surface area contributed by atoms with E-state index in [4.69, 9.17) is 0 Å². The summed E-state index contributed by atoms with van der Waals surface area (Å²) in [5.74, 6) is 1.36. The minimum absolute atomic E-state index is 0.180.